The second kappa shape index (κ2) is 23.2. The molecule has 0 aliphatic carbocycles. The van der Waals surface area contributed by atoms with Crippen molar-refractivity contribution in [3.63, 3.8) is 0 Å². The third-order valence-corrected chi connectivity index (χ3v) is 19.0. The molecule has 0 aliphatic rings. The summed E-state index contributed by atoms with van der Waals surface area (Å²) in [4.78, 5) is 2.73. The molecule has 5 nitrogen and oxygen atoms in total. The van der Waals surface area contributed by atoms with Crippen LogP contribution < -0.4 is 0 Å². The van der Waals surface area contributed by atoms with Gasteiger partial charge in [-0.3, -0.25) is 0 Å². The molecule has 2 atom stereocenters. The molecule has 0 spiro atoms. The highest BCUT2D eigenvalue weighted by atomic mass is 32.1. The van der Waals surface area contributed by atoms with Crippen LogP contribution >= 0.6 is 34.4 Å². The zero-order valence-electron chi connectivity index (χ0n) is 43.8. The summed E-state index contributed by atoms with van der Waals surface area (Å²) < 4.78 is 21.0. The Hall–Kier alpha value is -3.72. The molecule has 0 radical (unpaired) electrons. The molecule has 370 valence electrons. The topological polar surface area (TPSA) is 40.6 Å². The van der Waals surface area contributed by atoms with Crippen LogP contribution in [0.4, 0.5) is 0 Å². The highest BCUT2D eigenvalue weighted by Gasteiger charge is 2.26. The van der Waals surface area contributed by atoms with E-state index in [-0.39, 0.29) is 0 Å². The minimum atomic E-state index is 0.464. The van der Waals surface area contributed by atoms with Crippen molar-refractivity contribution in [3.8, 4) is 10.4 Å². The van der Waals surface area contributed by atoms with Crippen molar-refractivity contribution in [3.05, 3.63) is 59.0 Å². The normalized spacial score (nSPS) is 13.5. The van der Waals surface area contributed by atoms with Crippen molar-refractivity contribution < 1.29 is 0 Å². The van der Waals surface area contributed by atoms with Gasteiger partial charge in [-0.25, -0.2) is 0 Å². The lowest BCUT2D eigenvalue weighted by atomic mass is 9.99. The summed E-state index contributed by atoms with van der Waals surface area (Å²) in [6.45, 7) is 20.8. The first-order valence-corrected chi connectivity index (χ1v) is 30.4. The summed E-state index contributed by atoms with van der Waals surface area (Å²) >= 11 is 5.34. The van der Waals surface area contributed by atoms with Crippen LogP contribution in [0.1, 0.15) is 199 Å². The molecule has 3 aromatic carbocycles. The van der Waals surface area contributed by atoms with Crippen LogP contribution in [-0.2, 0) is 13.1 Å². The highest BCUT2D eigenvalue weighted by molar-refractivity contribution is 7.23. The predicted molar refractivity (Wildman–Crippen MR) is 309 cm³/mol. The lowest BCUT2D eigenvalue weighted by Crippen LogP contribution is -2.10. The van der Waals surface area contributed by atoms with E-state index in [9.17, 15) is 0 Å². The van der Waals surface area contributed by atoms with E-state index in [0.717, 1.165) is 24.1 Å². The Bertz CT molecular complexity index is 3090. The van der Waals surface area contributed by atoms with E-state index >= 15 is 0 Å². The number of nitrogens with zero attached hydrogens (tertiary/aromatic N) is 5. The van der Waals surface area contributed by atoms with Crippen LogP contribution in [0.25, 0.3) is 85.5 Å². The molecule has 2 unspecified atom stereocenters. The summed E-state index contributed by atoms with van der Waals surface area (Å²) in [6.07, 6.45) is 28.7. The van der Waals surface area contributed by atoms with E-state index in [1.807, 2.05) is 22.7 Å². The number of aryl methyl sites for hydroxylation is 2. The average molecular weight is 983 g/mol. The first-order chi connectivity index (χ1) is 33.8. The Balaban J connectivity index is 1.29. The van der Waals surface area contributed by atoms with Crippen LogP contribution in [0.3, 0.4) is 0 Å². The van der Waals surface area contributed by atoms with E-state index in [2.05, 4.69) is 118 Å². The highest BCUT2D eigenvalue weighted by Crippen LogP contribution is 2.48. The molecule has 8 heteroatoms. The van der Waals surface area contributed by atoms with Crippen molar-refractivity contribution in [1.29, 1.82) is 0 Å². The second-order valence-corrected chi connectivity index (χ2v) is 24.1. The fourth-order valence-electron chi connectivity index (χ4n) is 12.0. The number of benzene rings is 3. The third-order valence-electron chi connectivity index (χ3n) is 16.2. The number of hydrogen-bond acceptors (Lipinski definition) is 5. The first-order valence-electron chi connectivity index (χ1n) is 28.0. The Kier molecular flexibility index (Phi) is 16.9. The van der Waals surface area contributed by atoms with E-state index in [0.29, 0.717) is 17.9 Å². The van der Waals surface area contributed by atoms with Crippen LogP contribution in [0.5, 0.6) is 0 Å². The summed E-state index contributed by atoms with van der Waals surface area (Å²) in [5, 5.41) is 5.79. The standard InChI is InChI=1S/C61H83N5S3/c1-9-15-19-21-23-25-29-45(30-26-24-22-20-16-10-2)66-53-36-49-51(64(39-43(13-5)27-17-11-3)55-33-42(8)67-60(49)55)34-47(53)48-35-52-50(37-54(48)66)61-56(65(52)40-44(14-6)28-18-12-4)38-57(68-61)46-32-31-41(7)58-59(46)63-69-62-58/h31-38,43-45H,9-30,39-40H2,1-8H3. The summed E-state index contributed by atoms with van der Waals surface area (Å²) in [7, 11) is 0. The lowest BCUT2D eigenvalue weighted by molar-refractivity contribution is 0.401. The van der Waals surface area contributed by atoms with Gasteiger partial charge in [0.2, 0.25) is 0 Å². The van der Waals surface area contributed by atoms with Crippen LogP contribution in [-0.4, -0.2) is 22.4 Å². The van der Waals surface area contributed by atoms with E-state index in [1.54, 1.807) is 0 Å². The zero-order valence-corrected chi connectivity index (χ0v) is 46.2. The van der Waals surface area contributed by atoms with Crippen LogP contribution in [0.15, 0.2) is 48.5 Å². The summed E-state index contributed by atoms with van der Waals surface area (Å²) in [5.74, 6) is 1.32. The number of unbranched alkanes of at least 4 members (excludes halogenated alkanes) is 12. The summed E-state index contributed by atoms with van der Waals surface area (Å²) in [6, 6.07) is 20.7. The van der Waals surface area contributed by atoms with Crippen LogP contribution in [0.2, 0.25) is 0 Å². The molecular formula is C61H83N5S3. The number of thiophene rings is 2. The van der Waals surface area contributed by atoms with Gasteiger partial charge in [-0.2, -0.15) is 8.75 Å². The van der Waals surface area contributed by atoms with Crippen molar-refractivity contribution in [2.24, 2.45) is 11.8 Å². The first kappa shape index (κ1) is 50.2. The molecule has 0 aliphatic heterocycles. The zero-order chi connectivity index (χ0) is 48.0. The van der Waals surface area contributed by atoms with Crippen molar-refractivity contribution in [2.75, 3.05) is 0 Å². The van der Waals surface area contributed by atoms with Gasteiger partial charge in [-0.05, 0) is 93.3 Å². The van der Waals surface area contributed by atoms with Gasteiger partial charge in [0.1, 0.15) is 11.0 Å². The van der Waals surface area contributed by atoms with Crippen molar-refractivity contribution in [2.45, 2.75) is 216 Å². The number of hydrogen-bond donors (Lipinski definition) is 0. The van der Waals surface area contributed by atoms with Crippen LogP contribution in [0, 0.1) is 25.7 Å². The van der Waals surface area contributed by atoms with Gasteiger partial charge in [0.05, 0.1) is 54.2 Å². The number of aromatic nitrogens is 5. The van der Waals surface area contributed by atoms with E-state index in [4.69, 9.17) is 8.75 Å². The Morgan fingerprint density at radius 1 is 0.464 bits per heavy atom. The van der Waals surface area contributed by atoms with E-state index < -0.39 is 0 Å². The van der Waals surface area contributed by atoms with Gasteiger partial charge >= 0.3 is 0 Å². The quantitative estimate of drug-likeness (QED) is 0.0459. The monoisotopic (exact) mass is 982 g/mol. The fraction of sp³-hybridized carbons (Fsp3) is 0.574. The third kappa shape index (κ3) is 10.3. The van der Waals surface area contributed by atoms with E-state index in [1.165, 1.54) is 238 Å². The second-order valence-electron chi connectivity index (χ2n) is 21.3. The number of rotatable bonds is 28. The minimum absolute atomic E-state index is 0.464. The molecule has 69 heavy (non-hydrogen) atoms. The van der Waals surface area contributed by atoms with Gasteiger partial charge in [-0.15, -0.1) is 22.7 Å². The predicted octanol–water partition coefficient (Wildman–Crippen LogP) is 20.9. The molecule has 0 saturated heterocycles. The number of fused-ring (bicyclic) bond motifs is 10. The Morgan fingerprint density at radius 3 is 1.51 bits per heavy atom. The fourth-order valence-corrected chi connectivity index (χ4v) is 14.9. The molecule has 6 aromatic heterocycles. The van der Waals surface area contributed by atoms with Gasteiger partial charge in [0.15, 0.2) is 0 Å². The molecule has 0 saturated carbocycles. The van der Waals surface area contributed by atoms with Gasteiger partial charge < -0.3 is 13.7 Å². The lowest BCUT2D eigenvalue weighted by Gasteiger charge is -2.22. The largest absolute Gasteiger partial charge is 0.339 e. The molecular weight excluding hydrogens is 899 g/mol. The maximum atomic E-state index is 4.88. The van der Waals surface area contributed by atoms with Gasteiger partial charge in [-0.1, -0.05) is 169 Å². The molecule has 0 N–H and O–H groups in total. The Labute approximate surface area is 426 Å². The molecule has 9 rings (SSSR count). The Morgan fingerprint density at radius 2 is 0.957 bits per heavy atom. The minimum Gasteiger partial charge on any atom is -0.339 e. The average Bonchev–Trinajstić information content (AvgIpc) is 4.22. The maximum absolute atomic E-state index is 4.88. The van der Waals surface area contributed by atoms with Gasteiger partial charge in [0.25, 0.3) is 0 Å². The molecule has 0 fully saturated rings. The molecule has 6 heterocycles. The van der Waals surface area contributed by atoms with Crippen molar-refractivity contribution >= 4 is 109 Å². The van der Waals surface area contributed by atoms with Crippen molar-refractivity contribution in [1.82, 2.24) is 22.4 Å². The molecule has 9 aromatic rings. The molecule has 0 bridgehead atoms. The maximum Gasteiger partial charge on any atom is 0.113 e. The molecule has 0 amide bonds. The smallest absolute Gasteiger partial charge is 0.113 e. The van der Waals surface area contributed by atoms with Gasteiger partial charge in [0, 0.05) is 56.0 Å². The summed E-state index contributed by atoms with van der Waals surface area (Å²) in [5.41, 5.74) is 13.1. The SMILES string of the molecule is CCCCCCCCC(CCCCCCCC)n1c2cc3c4sc(C)cc4n(CC(CC)CCCC)c3cc2c2cc3c(cc21)c1sc(-c2ccc(C)c4nsnc24)cc1n3CC(CC)CCCC.